The molecule has 1 aliphatic heterocycles. The molecule has 1 saturated heterocycles. The Labute approximate surface area is 163 Å². The standard InChI is InChI=1S/C21H22ClN3O2/c1-27-17-6-7-20-18(12-17)19(13-23-20)21(26)14-24-8-10-25(11-9-24)16-4-2-15(22)3-5-16/h2-7,12-13,23H,8-11,14H2,1H3. The molecule has 6 heteroatoms. The molecule has 1 fully saturated rings. The Morgan fingerprint density at radius 1 is 1.11 bits per heavy atom. The third-order valence-corrected chi connectivity index (χ3v) is 5.37. The summed E-state index contributed by atoms with van der Waals surface area (Å²) in [4.78, 5) is 20.6. The maximum Gasteiger partial charge on any atom is 0.178 e. The number of anilines is 1. The van der Waals surface area contributed by atoms with Gasteiger partial charge in [-0.1, -0.05) is 11.6 Å². The number of methoxy groups -OCH3 is 1. The van der Waals surface area contributed by atoms with Gasteiger partial charge in [-0.2, -0.15) is 0 Å². The van der Waals surface area contributed by atoms with Crippen molar-refractivity contribution in [2.75, 3.05) is 44.7 Å². The molecule has 2 aromatic carbocycles. The fourth-order valence-electron chi connectivity index (χ4n) is 3.56. The van der Waals surface area contributed by atoms with Crippen LogP contribution in [0.5, 0.6) is 5.75 Å². The molecule has 0 radical (unpaired) electrons. The Bertz CT molecular complexity index is 944. The molecule has 2 heterocycles. The van der Waals surface area contributed by atoms with Gasteiger partial charge >= 0.3 is 0 Å². The predicted octanol–water partition coefficient (Wildman–Crippen LogP) is 3.83. The summed E-state index contributed by atoms with van der Waals surface area (Å²) in [5.74, 6) is 0.891. The largest absolute Gasteiger partial charge is 0.497 e. The van der Waals surface area contributed by atoms with Crippen LogP contribution in [0.3, 0.4) is 0 Å². The number of piperazine rings is 1. The normalized spacial score (nSPS) is 15.3. The van der Waals surface area contributed by atoms with Crippen LogP contribution in [-0.2, 0) is 0 Å². The number of fused-ring (bicyclic) bond motifs is 1. The fraction of sp³-hybridized carbons (Fsp3) is 0.286. The number of ketones is 1. The number of aromatic nitrogens is 1. The van der Waals surface area contributed by atoms with Crippen LogP contribution in [0, 0.1) is 0 Å². The molecule has 0 bridgehead atoms. The van der Waals surface area contributed by atoms with E-state index in [2.05, 4.69) is 14.8 Å². The molecule has 1 aromatic heterocycles. The van der Waals surface area contributed by atoms with Crippen LogP contribution in [0.2, 0.25) is 5.02 Å². The fourth-order valence-corrected chi connectivity index (χ4v) is 3.69. The van der Waals surface area contributed by atoms with Crippen LogP contribution in [0.15, 0.2) is 48.7 Å². The molecule has 0 unspecified atom stereocenters. The zero-order chi connectivity index (χ0) is 18.8. The Hall–Kier alpha value is -2.50. The Morgan fingerprint density at radius 2 is 1.85 bits per heavy atom. The smallest absolute Gasteiger partial charge is 0.178 e. The Kier molecular flexibility index (Phi) is 5.05. The summed E-state index contributed by atoms with van der Waals surface area (Å²) in [6, 6.07) is 13.7. The van der Waals surface area contributed by atoms with Crippen LogP contribution in [-0.4, -0.2) is 55.5 Å². The first-order valence-corrected chi connectivity index (χ1v) is 9.43. The molecule has 1 aliphatic rings. The number of Topliss-reactive ketones (excluding diaryl/α,β-unsaturated/α-hetero) is 1. The van der Waals surface area contributed by atoms with E-state index < -0.39 is 0 Å². The number of nitrogens with one attached hydrogen (secondary N) is 1. The average Bonchev–Trinajstić information content (AvgIpc) is 3.12. The number of ether oxygens (including phenoxy) is 1. The molecular formula is C21H22ClN3O2. The molecule has 4 rings (SSSR count). The highest BCUT2D eigenvalue weighted by Crippen LogP contribution is 2.24. The number of rotatable bonds is 5. The first-order valence-electron chi connectivity index (χ1n) is 9.05. The number of carbonyl (C=O) groups excluding carboxylic acids is 1. The summed E-state index contributed by atoms with van der Waals surface area (Å²) >= 11 is 5.97. The van der Waals surface area contributed by atoms with Crippen molar-refractivity contribution in [2.24, 2.45) is 0 Å². The van der Waals surface area contributed by atoms with Crippen molar-refractivity contribution in [1.82, 2.24) is 9.88 Å². The van der Waals surface area contributed by atoms with Crippen molar-refractivity contribution < 1.29 is 9.53 Å². The third-order valence-electron chi connectivity index (χ3n) is 5.12. The summed E-state index contributed by atoms with van der Waals surface area (Å²) in [5.41, 5.74) is 2.85. The number of nitrogens with zero attached hydrogens (tertiary/aromatic N) is 2. The average molecular weight is 384 g/mol. The van der Waals surface area contributed by atoms with Crippen molar-refractivity contribution >= 4 is 34.0 Å². The highest BCUT2D eigenvalue weighted by molar-refractivity contribution is 6.30. The van der Waals surface area contributed by atoms with Crippen molar-refractivity contribution in [3.05, 3.63) is 59.2 Å². The van der Waals surface area contributed by atoms with Crippen molar-refractivity contribution in [2.45, 2.75) is 0 Å². The van der Waals surface area contributed by atoms with Gasteiger partial charge in [-0.25, -0.2) is 0 Å². The summed E-state index contributed by atoms with van der Waals surface area (Å²) in [5, 5.41) is 1.66. The highest BCUT2D eigenvalue weighted by Gasteiger charge is 2.21. The van der Waals surface area contributed by atoms with Crippen LogP contribution in [0.1, 0.15) is 10.4 Å². The van der Waals surface area contributed by atoms with Gasteiger partial charge in [0.1, 0.15) is 5.75 Å². The lowest BCUT2D eigenvalue weighted by Crippen LogP contribution is -2.48. The molecule has 5 nitrogen and oxygen atoms in total. The summed E-state index contributed by atoms with van der Waals surface area (Å²) < 4.78 is 5.29. The van der Waals surface area contributed by atoms with E-state index in [-0.39, 0.29) is 5.78 Å². The second-order valence-corrected chi connectivity index (χ2v) is 7.21. The third kappa shape index (κ3) is 3.80. The molecule has 0 amide bonds. The van der Waals surface area contributed by atoms with Gasteiger partial charge < -0.3 is 14.6 Å². The topological polar surface area (TPSA) is 48.6 Å². The number of H-pyrrole nitrogens is 1. The molecule has 27 heavy (non-hydrogen) atoms. The Morgan fingerprint density at radius 3 is 2.56 bits per heavy atom. The molecule has 0 saturated carbocycles. The summed E-state index contributed by atoms with van der Waals surface area (Å²) in [6.45, 7) is 3.95. The summed E-state index contributed by atoms with van der Waals surface area (Å²) in [7, 11) is 1.63. The van der Waals surface area contributed by atoms with E-state index in [9.17, 15) is 4.79 Å². The van der Waals surface area contributed by atoms with E-state index >= 15 is 0 Å². The van der Waals surface area contributed by atoms with Gasteiger partial charge in [0.2, 0.25) is 0 Å². The SMILES string of the molecule is COc1ccc2[nH]cc(C(=O)CN3CCN(c4ccc(Cl)cc4)CC3)c2c1. The van der Waals surface area contributed by atoms with Gasteiger partial charge in [0, 0.05) is 59.6 Å². The number of hydrogen-bond donors (Lipinski definition) is 1. The quantitative estimate of drug-likeness (QED) is 0.680. The second kappa shape index (κ2) is 7.62. The zero-order valence-corrected chi connectivity index (χ0v) is 16.0. The molecular weight excluding hydrogens is 362 g/mol. The van der Waals surface area contributed by atoms with Crippen molar-refractivity contribution in [3.63, 3.8) is 0 Å². The van der Waals surface area contributed by atoms with Crippen LogP contribution >= 0.6 is 11.6 Å². The molecule has 1 N–H and O–H groups in total. The minimum atomic E-state index is 0.134. The number of benzene rings is 2. The highest BCUT2D eigenvalue weighted by atomic mass is 35.5. The van der Waals surface area contributed by atoms with E-state index in [1.54, 1.807) is 13.3 Å². The van der Waals surface area contributed by atoms with Crippen molar-refractivity contribution in [3.8, 4) is 5.75 Å². The first-order chi connectivity index (χ1) is 13.1. The molecule has 0 spiro atoms. The van der Waals surface area contributed by atoms with E-state index in [4.69, 9.17) is 16.3 Å². The lowest BCUT2D eigenvalue weighted by molar-refractivity contribution is 0.0928. The van der Waals surface area contributed by atoms with E-state index in [0.717, 1.165) is 53.4 Å². The lowest BCUT2D eigenvalue weighted by atomic mass is 10.1. The predicted molar refractivity (Wildman–Crippen MR) is 109 cm³/mol. The van der Waals surface area contributed by atoms with Gasteiger partial charge in [0.05, 0.1) is 13.7 Å². The molecule has 140 valence electrons. The molecule has 0 aliphatic carbocycles. The second-order valence-electron chi connectivity index (χ2n) is 6.78. The van der Waals surface area contributed by atoms with Gasteiger partial charge in [0.15, 0.2) is 5.78 Å². The van der Waals surface area contributed by atoms with Gasteiger partial charge in [-0.05, 0) is 42.5 Å². The monoisotopic (exact) mass is 383 g/mol. The first kappa shape index (κ1) is 17.9. The molecule has 3 aromatic rings. The maximum atomic E-state index is 12.8. The van der Waals surface area contributed by atoms with E-state index in [0.29, 0.717) is 6.54 Å². The van der Waals surface area contributed by atoms with Crippen molar-refractivity contribution in [1.29, 1.82) is 0 Å². The van der Waals surface area contributed by atoms with Crippen LogP contribution < -0.4 is 9.64 Å². The summed E-state index contributed by atoms with van der Waals surface area (Å²) in [6.07, 6.45) is 1.80. The zero-order valence-electron chi connectivity index (χ0n) is 15.2. The van der Waals surface area contributed by atoms with Gasteiger partial charge in [-0.15, -0.1) is 0 Å². The number of halogens is 1. The minimum Gasteiger partial charge on any atom is -0.497 e. The number of hydrogen-bond acceptors (Lipinski definition) is 4. The van der Waals surface area contributed by atoms with E-state index in [1.165, 1.54) is 5.69 Å². The van der Waals surface area contributed by atoms with Gasteiger partial charge in [0.25, 0.3) is 0 Å². The maximum absolute atomic E-state index is 12.8. The van der Waals surface area contributed by atoms with Gasteiger partial charge in [-0.3, -0.25) is 9.69 Å². The number of aromatic amines is 1. The minimum absolute atomic E-state index is 0.134. The van der Waals surface area contributed by atoms with E-state index in [1.807, 2.05) is 42.5 Å². The lowest BCUT2D eigenvalue weighted by Gasteiger charge is -2.35. The number of carbonyl (C=O) groups is 1. The van der Waals surface area contributed by atoms with Crippen LogP contribution in [0.4, 0.5) is 5.69 Å². The van der Waals surface area contributed by atoms with Crippen LogP contribution in [0.25, 0.3) is 10.9 Å². The Balaban J connectivity index is 1.40. The molecule has 0 atom stereocenters.